The summed E-state index contributed by atoms with van der Waals surface area (Å²) in [6.07, 6.45) is 0. The number of aliphatic carboxylic acids is 1. The second-order valence-corrected chi connectivity index (χ2v) is 6.28. The predicted molar refractivity (Wildman–Crippen MR) is 81.8 cm³/mol. The molecule has 0 fully saturated rings. The van der Waals surface area contributed by atoms with Crippen LogP contribution >= 0.6 is 11.8 Å². The largest absolute Gasteiger partial charge is 0.480 e. The number of benzene rings is 1. The van der Waals surface area contributed by atoms with Gasteiger partial charge in [-0.2, -0.15) is 0 Å². The van der Waals surface area contributed by atoms with E-state index in [2.05, 4.69) is 6.07 Å². The molecule has 0 spiro atoms. The fourth-order valence-corrected chi connectivity index (χ4v) is 2.50. The zero-order chi connectivity index (χ0) is 15.3. The van der Waals surface area contributed by atoms with Crippen LogP contribution in [0.25, 0.3) is 0 Å². The standard InChI is InChI=1S/C15H21NO3S/c1-11-6-5-7-12(8-11)9-20-10-13(17)16(4)15(2,3)14(18)19/h5-8H,9-10H2,1-4H3,(H,18,19). The molecule has 20 heavy (non-hydrogen) atoms. The van der Waals surface area contributed by atoms with Crippen molar-refractivity contribution in [1.82, 2.24) is 4.90 Å². The smallest absolute Gasteiger partial charge is 0.329 e. The van der Waals surface area contributed by atoms with Gasteiger partial charge in [0.05, 0.1) is 5.75 Å². The number of nitrogens with zero attached hydrogens (tertiary/aromatic N) is 1. The molecule has 1 aromatic rings. The SMILES string of the molecule is Cc1cccc(CSCC(=O)N(C)C(C)(C)C(=O)O)c1. The predicted octanol–water partition coefficient (Wildman–Crippen LogP) is 2.55. The van der Waals surface area contributed by atoms with Crippen molar-refractivity contribution in [2.75, 3.05) is 12.8 Å². The normalized spacial score (nSPS) is 11.2. The van der Waals surface area contributed by atoms with E-state index >= 15 is 0 Å². The summed E-state index contributed by atoms with van der Waals surface area (Å²) in [4.78, 5) is 24.4. The fourth-order valence-electron chi connectivity index (χ4n) is 1.61. The molecule has 0 atom stereocenters. The van der Waals surface area contributed by atoms with Crippen LogP contribution in [0.4, 0.5) is 0 Å². The Bertz CT molecular complexity index is 500. The van der Waals surface area contributed by atoms with Crippen LogP contribution in [0.1, 0.15) is 25.0 Å². The third kappa shape index (κ3) is 4.27. The average molecular weight is 295 g/mol. The van der Waals surface area contributed by atoms with Crippen LogP contribution in [-0.4, -0.2) is 40.2 Å². The highest BCUT2D eigenvalue weighted by atomic mass is 32.2. The van der Waals surface area contributed by atoms with Crippen LogP contribution in [0.15, 0.2) is 24.3 Å². The molecule has 110 valence electrons. The molecular formula is C15H21NO3S. The summed E-state index contributed by atoms with van der Waals surface area (Å²) in [6.45, 7) is 5.08. The minimum Gasteiger partial charge on any atom is -0.480 e. The molecule has 1 rings (SSSR count). The molecule has 0 saturated heterocycles. The molecule has 0 bridgehead atoms. The number of carbonyl (C=O) groups excluding carboxylic acids is 1. The molecular weight excluding hydrogens is 274 g/mol. The summed E-state index contributed by atoms with van der Waals surface area (Å²) < 4.78 is 0. The van der Waals surface area contributed by atoms with E-state index in [1.54, 1.807) is 0 Å². The van der Waals surface area contributed by atoms with E-state index in [-0.39, 0.29) is 11.7 Å². The molecule has 4 nitrogen and oxygen atoms in total. The third-order valence-corrected chi connectivity index (χ3v) is 4.30. The number of thioether (sulfide) groups is 1. The molecule has 5 heteroatoms. The number of hydrogen-bond acceptors (Lipinski definition) is 3. The van der Waals surface area contributed by atoms with Gasteiger partial charge in [0.25, 0.3) is 0 Å². The maximum absolute atomic E-state index is 12.0. The van der Waals surface area contributed by atoms with E-state index < -0.39 is 11.5 Å². The quantitative estimate of drug-likeness (QED) is 0.876. The van der Waals surface area contributed by atoms with Crippen LogP contribution in [-0.2, 0) is 15.3 Å². The van der Waals surface area contributed by atoms with Gasteiger partial charge in [0.1, 0.15) is 5.54 Å². The molecule has 1 amide bonds. The molecule has 0 aromatic heterocycles. The van der Waals surface area contributed by atoms with Gasteiger partial charge in [0.2, 0.25) is 5.91 Å². The van der Waals surface area contributed by atoms with E-state index in [0.29, 0.717) is 0 Å². The molecule has 0 aliphatic heterocycles. The number of carboxylic acids is 1. The number of hydrogen-bond donors (Lipinski definition) is 1. The summed E-state index contributed by atoms with van der Waals surface area (Å²) >= 11 is 1.50. The van der Waals surface area contributed by atoms with Gasteiger partial charge in [-0.1, -0.05) is 29.8 Å². The van der Waals surface area contributed by atoms with E-state index in [0.717, 1.165) is 5.75 Å². The van der Waals surface area contributed by atoms with Crippen LogP contribution in [0, 0.1) is 6.92 Å². The average Bonchev–Trinajstić information content (AvgIpc) is 2.37. The van der Waals surface area contributed by atoms with Gasteiger partial charge in [0.15, 0.2) is 0 Å². The van der Waals surface area contributed by atoms with Crippen molar-refractivity contribution in [3.05, 3.63) is 35.4 Å². The molecule has 0 unspecified atom stereocenters. The third-order valence-electron chi connectivity index (χ3n) is 3.31. The van der Waals surface area contributed by atoms with Crippen molar-refractivity contribution >= 4 is 23.6 Å². The Morgan fingerprint density at radius 3 is 2.55 bits per heavy atom. The highest BCUT2D eigenvalue weighted by Crippen LogP contribution is 2.17. The van der Waals surface area contributed by atoms with Gasteiger partial charge < -0.3 is 10.0 Å². The molecule has 0 radical (unpaired) electrons. The van der Waals surface area contributed by atoms with Gasteiger partial charge in [-0.25, -0.2) is 4.79 Å². The number of carbonyl (C=O) groups is 2. The Labute approximate surface area is 124 Å². The van der Waals surface area contributed by atoms with Crippen LogP contribution in [0.2, 0.25) is 0 Å². The minimum atomic E-state index is -1.18. The molecule has 1 aromatic carbocycles. The van der Waals surface area contributed by atoms with E-state index in [9.17, 15) is 9.59 Å². The van der Waals surface area contributed by atoms with Crippen molar-refractivity contribution in [3.63, 3.8) is 0 Å². The summed E-state index contributed by atoms with van der Waals surface area (Å²) in [5.41, 5.74) is 1.18. The zero-order valence-corrected chi connectivity index (χ0v) is 13.2. The Kier molecular flexibility index (Phi) is 5.62. The first-order valence-electron chi connectivity index (χ1n) is 6.38. The number of aryl methyl sites for hydroxylation is 1. The lowest BCUT2D eigenvalue weighted by Crippen LogP contribution is -2.51. The van der Waals surface area contributed by atoms with E-state index in [1.807, 2.05) is 25.1 Å². The number of likely N-dealkylation sites (N-methyl/N-ethyl adjacent to an activating group) is 1. The molecule has 1 N–H and O–H groups in total. The number of amides is 1. The maximum Gasteiger partial charge on any atom is 0.329 e. The van der Waals surface area contributed by atoms with Crippen LogP contribution in [0.5, 0.6) is 0 Å². The molecule has 0 aliphatic carbocycles. The lowest BCUT2D eigenvalue weighted by atomic mass is 10.0. The maximum atomic E-state index is 12.0. The monoisotopic (exact) mass is 295 g/mol. The summed E-state index contributed by atoms with van der Waals surface area (Å²) in [6, 6.07) is 8.13. The lowest BCUT2D eigenvalue weighted by Gasteiger charge is -2.31. The summed E-state index contributed by atoms with van der Waals surface area (Å²) in [7, 11) is 1.53. The summed E-state index contributed by atoms with van der Waals surface area (Å²) in [5, 5.41) is 9.09. The highest BCUT2D eigenvalue weighted by molar-refractivity contribution is 7.99. The van der Waals surface area contributed by atoms with Crippen LogP contribution < -0.4 is 0 Å². The van der Waals surface area contributed by atoms with Gasteiger partial charge >= 0.3 is 5.97 Å². The van der Waals surface area contributed by atoms with Crippen LogP contribution in [0.3, 0.4) is 0 Å². The molecule has 0 aliphatic rings. The highest BCUT2D eigenvalue weighted by Gasteiger charge is 2.34. The first-order valence-corrected chi connectivity index (χ1v) is 7.54. The first-order chi connectivity index (χ1) is 9.25. The van der Waals surface area contributed by atoms with Crippen molar-refractivity contribution in [3.8, 4) is 0 Å². The first kappa shape index (κ1) is 16.6. The van der Waals surface area contributed by atoms with Gasteiger partial charge in [-0.3, -0.25) is 4.79 Å². The summed E-state index contributed by atoms with van der Waals surface area (Å²) in [5.74, 6) is -0.150. The Balaban J connectivity index is 2.50. The Morgan fingerprint density at radius 2 is 2.00 bits per heavy atom. The van der Waals surface area contributed by atoms with Crippen molar-refractivity contribution in [2.45, 2.75) is 32.1 Å². The topological polar surface area (TPSA) is 57.6 Å². The second-order valence-electron chi connectivity index (χ2n) is 5.30. The Morgan fingerprint density at radius 1 is 1.35 bits per heavy atom. The second kappa shape index (κ2) is 6.79. The van der Waals surface area contributed by atoms with Crippen molar-refractivity contribution in [2.24, 2.45) is 0 Å². The number of rotatable bonds is 6. The fraction of sp³-hybridized carbons (Fsp3) is 0.467. The zero-order valence-electron chi connectivity index (χ0n) is 12.3. The van der Waals surface area contributed by atoms with Gasteiger partial charge in [-0.05, 0) is 26.3 Å². The van der Waals surface area contributed by atoms with Gasteiger partial charge in [-0.15, -0.1) is 11.8 Å². The molecule has 0 heterocycles. The van der Waals surface area contributed by atoms with E-state index in [1.165, 1.54) is 48.7 Å². The van der Waals surface area contributed by atoms with Crippen molar-refractivity contribution < 1.29 is 14.7 Å². The van der Waals surface area contributed by atoms with E-state index in [4.69, 9.17) is 5.11 Å². The lowest BCUT2D eigenvalue weighted by molar-refractivity contribution is -0.154. The minimum absolute atomic E-state index is 0.171. The molecule has 0 saturated carbocycles. The Hall–Kier alpha value is -1.49. The number of carboxylic acid groups (broad SMARTS) is 1. The van der Waals surface area contributed by atoms with Crippen molar-refractivity contribution in [1.29, 1.82) is 0 Å². The van der Waals surface area contributed by atoms with Gasteiger partial charge in [0, 0.05) is 12.8 Å².